The van der Waals surface area contributed by atoms with Crippen LogP contribution in [0, 0.1) is 5.82 Å². The summed E-state index contributed by atoms with van der Waals surface area (Å²) in [5.74, 6) is -0.452. The third kappa shape index (κ3) is 2.42. The quantitative estimate of drug-likeness (QED) is 0.726. The second-order valence-corrected chi connectivity index (χ2v) is 5.57. The molecule has 1 aliphatic rings. The minimum absolute atomic E-state index is 0.152. The maximum absolute atomic E-state index is 13.5. The molecule has 4 rings (SSSR count). The van der Waals surface area contributed by atoms with Crippen molar-refractivity contribution < 1.29 is 9.18 Å². The van der Waals surface area contributed by atoms with Crippen molar-refractivity contribution in [3.8, 4) is 0 Å². The third-order valence-electron chi connectivity index (χ3n) is 4.09. The summed E-state index contributed by atoms with van der Waals surface area (Å²) >= 11 is 0. The van der Waals surface area contributed by atoms with E-state index in [1.807, 2.05) is 24.3 Å². The Morgan fingerprint density at radius 1 is 1.22 bits per heavy atom. The molecule has 2 heterocycles. The Kier molecular flexibility index (Phi) is 3.22. The van der Waals surface area contributed by atoms with Crippen LogP contribution in [-0.4, -0.2) is 34.1 Å². The van der Waals surface area contributed by atoms with Gasteiger partial charge in [-0.15, -0.1) is 0 Å². The van der Waals surface area contributed by atoms with Crippen molar-refractivity contribution in [3.05, 3.63) is 59.5 Å². The molecule has 2 aromatic carbocycles. The minimum Gasteiger partial charge on any atom is -0.383 e. The van der Waals surface area contributed by atoms with E-state index in [0.29, 0.717) is 25.3 Å². The lowest BCUT2D eigenvalue weighted by molar-refractivity contribution is 0.0749. The fourth-order valence-corrected chi connectivity index (χ4v) is 2.93. The smallest absolute Gasteiger partial charge is 0.275 e. The molecule has 116 valence electrons. The molecule has 23 heavy (non-hydrogen) atoms. The highest BCUT2D eigenvalue weighted by atomic mass is 19.1. The Balaban J connectivity index is 1.68. The number of nitrogens with one attached hydrogen (secondary N) is 2. The summed E-state index contributed by atoms with van der Waals surface area (Å²) < 4.78 is 13.5. The number of hydrogen-bond donors (Lipinski definition) is 2. The molecule has 0 aliphatic carbocycles. The zero-order valence-electron chi connectivity index (χ0n) is 12.3. The number of benzene rings is 2. The molecule has 3 aromatic rings. The molecule has 0 atom stereocenters. The van der Waals surface area contributed by atoms with Crippen molar-refractivity contribution in [1.29, 1.82) is 0 Å². The number of rotatable bonds is 1. The van der Waals surface area contributed by atoms with Crippen LogP contribution in [-0.2, 0) is 6.54 Å². The highest BCUT2D eigenvalue weighted by molar-refractivity contribution is 6.04. The van der Waals surface area contributed by atoms with E-state index in [4.69, 9.17) is 0 Å². The van der Waals surface area contributed by atoms with Gasteiger partial charge in [-0.25, -0.2) is 4.39 Å². The summed E-state index contributed by atoms with van der Waals surface area (Å²) in [6.07, 6.45) is 0. The van der Waals surface area contributed by atoms with Gasteiger partial charge in [0.25, 0.3) is 5.91 Å². The zero-order chi connectivity index (χ0) is 15.8. The number of hydrogen-bond acceptors (Lipinski definition) is 3. The first kappa shape index (κ1) is 13.8. The average Bonchev–Trinajstić information content (AvgIpc) is 2.87. The average molecular weight is 310 g/mol. The summed E-state index contributed by atoms with van der Waals surface area (Å²) in [4.78, 5) is 14.5. The number of nitrogens with zero attached hydrogens (tertiary/aromatic N) is 2. The number of carbonyl (C=O) groups is 1. The first-order chi connectivity index (χ1) is 11.2. The van der Waals surface area contributed by atoms with Crippen LogP contribution in [0.4, 0.5) is 10.1 Å². The molecule has 0 spiro atoms. The molecule has 0 radical (unpaired) electrons. The van der Waals surface area contributed by atoms with E-state index in [0.717, 1.165) is 22.2 Å². The van der Waals surface area contributed by atoms with Crippen molar-refractivity contribution in [3.63, 3.8) is 0 Å². The molecule has 1 aliphatic heterocycles. The summed E-state index contributed by atoms with van der Waals surface area (Å²) in [6, 6.07) is 12.1. The fourth-order valence-electron chi connectivity index (χ4n) is 2.93. The highest BCUT2D eigenvalue weighted by Gasteiger charge is 2.23. The van der Waals surface area contributed by atoms with Crippen LogP contribution in [0.15, 0.2) is 42.5 Å². The lowest BCUT2D eigenvalue weighted by Gasteiger charge is -2.19. The lowest BCUT2D eigenvalue weighted by atomic mass is 10.1. The lowest BCUT2D eigenvalue weighted by Crippen LogP contribution is -2.33. The van der Waals surface area contributed by atoms with E-state index in [-0.39, 0.29) is 11.7 Å². The van der Waals surface area contributed by atoms with E-state index in [1.165, 1.54) is 12.1 Å². The van der Waals surface area contributed by atoms with Crippen molar-refractivity contribution in [2.45, 2.75) is 6.54 Å². The van der Waals surface area contributed by atoms with Gasteiger partial charge >= 0.3 is 0 Å². The van der Waals surface area contributed by atoms with Crippen molar-refractivity contribution in [2.75, 3.05) is 18.4 Å². The number of anilines is 1. The van der Waals surface area contributed by atoms with E-state index in [1.54, 1.807) is 11.0 Å². The van der Waals surface area contributed by atoms with Gasteiger partial charge in [-0.1, -0.05) is 18.2 Å². The van der Waals surface area contributed by atoms with Crippen LogP contribution in [0.25, 0.3) is 10.9 Å². The van der Waals surface area contributed by atoms with Gasteiger partial charge in [0.2, 0.25) is 0 Å². The first-order valence-electron chi connectivity index (χ1n) is 7.47. The monoisotopic (exact) mass is 310 g/mol. The van der Waals surface area contributed by atoms with Crippen LogP contribution in [0.2, 0.25) is 0 Å². The van der Waals surface area contributed by atoms with Gasteiger partial charge in [-0.3, -0.25) is 9.89 Å². The largest absolute Gasteiger partial charge is 0.383 e. The zero-order valence-corrected chi connectivity index (χ0v) is 12.3. The maximum Gasteiger partial charge on any atom is 0.275 e. The van der Waals surface area contributed by atoms with E-state index in [9.17, 15) is 9.18 Å². The summed E-state index contributed by atoms with van der Waals surface area (Å²) in [6.45, 7) is 1.52. The number of para-hydroxylation sites is 1. The summed E-state index contributed by atoms with van der Waals surface area (Å²) in [5.41, 5.74) is 2.87. The first-order valence-corrected chi connectivity index (χ1v) is 7.47. The molecule has 0 fully saturated rings. The van der Waals surface area contributed by atoms with Crippen molar-refractivity contribution >= 4 is 22.5 Å². The normalized spacial score (nSPS) is 14.2. The summed E-state index contributed by atoms with van der Waals surface area (Å²) in [7, 11) is 0. The van der Waals surface area contributed by atoms with E-state index < -0.39 is 0 Å². The van der Waals surface area contributed by atoms with Crippen LogP contribution in [0.1, 0.15) is 16.1 Å². The molecular formula is C17H15FN4O. The summed E-state index contributed by atoms with van der Waals surface area (Å²) in [5, 5.41) is 11.1. The second-order valence-electron chi connectivity index (χ2n) is 5.57. The molecule has 0 bridgehead atoms. The Bertz CT molecular complexity index is 889. The standard InChI is InChI=1S/C17H15FN4O/c18-12-5-6-14-11(9-12)10-22(8-7-19-14)17(23)16-13-3-1-2-4-15(13)20-21-16/h1-6,9,19H,7-8,10H2,(H,20,21). The van der Waals surface area contributed by atoms with Crippen LogP contribution in [0.5, 0.6) is 0 Å². The van der Waals surface area contributed by atoms with Crippen LogP contribution < -0.4 is 5.32 Å². The number of aromatic nitrogens is 2. The molecule has 0 saturated heterocycles. The predicted molar refractivity (Wildman–Crippen MR) is 85.7 cm³/mol. The Labute approximate surface area is 132 Å². The van der Waals surface area contributed by atoms with Gasteiger partial charge in [-0.2, -0.15) is 5.10 Å². The number of halogens is 1. The topological polar surface area (TPSA) is 61.0 Å². The number of aromatic amines is 1. The Hall–Kier alpha value is -2.89. The van der Waals surface area contributed by atoms with Gasteiger partial charge in [0.05, 0.1) is 5.52 Å². The molecule has 0 unspecified atom stereocenters. The van der Waals surface area contributed by atoms with Gasteiger partial charge < -0.3 is 10.2 Å². The molecular weight excluding hydrogens is 295 g/mol. The number of carbonyl (C=O) groups excluding carboxylic acids is 1. The van der Waals surface area contributed by atoms with Crippen molar-refractivity contribution in [1.82, 2.24) is 15.1 Å². The van der Waals surface area contributed by atoms with Gasteiger partial charge in [0.1, 0.15) is 5.82 Å². The number of fused-ring (bicyclic) bond motifs is 2. The highest BCUT2D eigenvalue weighted by Crippen LogP contribution is 2.23. The number of H-pyrrole nitrogens is 1. The molecule has 5 nitrogen and oxygen atoms in total. The Morgan fingerprint density at radius 2 is 2.09 bits per heavy atom. The van der Waals surface area contributed by atoms with Gasteiger partial charge in [-0.05, 0) is 29.8 Å². The molecule has 6 heteroatoms. The van der Waals surface area contributed by atoms with Gasteiger partial charge in [0, 0.05) is 30.7 Å². The molecule has 1 amide bonds. The van der Waals surface area contributed by atoms with Crippen molar-refractivity contribution in [2.24, 2.45) is 0 Å². The Morgan fingerprint density at radius 3 is 3.00 bits per heavy atom. The van der Waals surface area contributed by atoms with E-state index in [2.05, 4.69) is 15.5 Å². The van der Waals surface area contributed by atoms with Gasteiger partial charge in [0.15, 0.2) is 5.69 Å². The van der Waals surface area contributed by atoms with Crippen LogP contribution >= 0.6 is 0 Å². The second kappa shape index (κ2) is 5.39. The molecule has 0 saturated carbocycles. The third-order valence-corrected chi connectivity index (χ3v) is 4.09. The SMILES string of the molecule is O=C(c1n[nH]c2ccccc12)N1CCNc2ccc(F)cc2C1. The fraction of sp³-hybridized carbons (Fsp3) is 0.176. The molecule has 2 N–H and O–H groups in total. The minimum atomic E-state index is -0.301. The van der Waals surface area contributed by atoms with E-state index >= 15 is 0 Å². The van der Waals surface area contributed by atoms with Crippen LogP contribution in [0.3, 0.4) is 0 Å². The number of amides is 1. The maximum atomic E-state index is 13.5. The molecule has 1 aromatic heterocycles. The predicted octanol–water partition coefficient (Wildman–Crippen LogP) is 2.77.